The summed E-state index contributed by atoms with van der Waals surface area (Å²) in [5.41, 5.74) is 6.12. The zero-order valence-corrected chi connectivity index (χ0v) is 15.8. The Bertz CT molecular complexity index is 754. The minimum Gasteiger partial charge on any atom is -0.481 e. The van der Waals surface area contributed by atoms with Crippen molar-refractivity contribution < 1.29 is 34.2 Å². The zero-order chi connectivity index (χ0) is 22.0. The molecule has 0 saturated carbocycles. The molecular formula is C18H24N4O7. The van der Waals surface area contributed by atoms with Crippen LogP contribution in [0.2, 0.25) is 0 Å². The van der Waals surface area contributed by atoms with E-state index in [-0.39, 0.29) is 6.42 Å². The van der Waals surface area contributed by atoms with Crippen molar-refractivity contribution in [3.05, 3.63) is 35.9 Å². The number of nitrogens with two attached hydrogens (primary N) is 1. The number of rotatable bonds is 11. The quantitative estimate of drug-likeness (QED) is 0.248. The number of carbonyl (C=O) groups is 5. The van der Waals surface area contributed by atoms with Gasteiger partial charge in [-0.2, -0.15) is 0 Å². The third-order valence-corrected chi connectivity index (χ3v) is 3.82. The number of nitrogens with one attached hydrogen (secondary N) is 3. The molecule has 11 nitrogen and oxygen atoms in total. The molecule has 0 aliphatic carbocycles. The molecule has 3 atom stereocenters. The average molecular weight is 408 g/mol. The van der Waals surface area contributed by atoms with Crippen LogP contribution in [-0.4, -0.2) is 64.5 Å². The average Bonchev–Trinajstić information content (AvgIpc) is 2.65. The number of amides is 3. The molecule has 0 saturated heterocycles. The highest BCUT2D eigenvalue weighted by molar-refractivity contribution is 5.93. The fourth-order valence-corrected chi connectivity index (χ4v) is 2.26. The van der Waals surface area contributed by atoms with E-state index in [4.69, 9.17) is 15.9 Å². The van der Waals surface area contributed by atoms with Gasteiger partial charge < -0.3 is 31.9 Å². The van der Waals surface area contributed by atoms with Crippen molar-refractivity contribution in [1.82, 2.24) is 16.0 Å². The third kappa shape index (κ3) is 8.84. The van der Waals surface area contributed by atoms with E-state index in [0.29, 0.717) is 0 Å². The van der Waals surface area contributed by atoms with Crippen molar-refractivity contribution in [3.63, 3.8) is 0 Å². The van der Waals surface area contributed by atoms with Crippen molar-refractivity contribution in [2.75, 3.05) is 6.54 Å². The minimum absolute atomic E-state index is 0.0945. The SMILES string of the molecule is CC(NC(=O)C(Cc1ccccc1)NC(=O)CNC(=O)C(N)CC(=O)O)C(=O)O. The van der Waals surface area contributed by atoms with Gasteiger partial charge in [-0.25, -0.2) is 0 Å². The number of hydrogen-bond acceptors (Lipinski definition) is 6. The Morgan fingerprint density at radius 3 is 2.17 bits per heavy atom. The fraction of sp³-hybridized carbons (Fsp3) is 0.389. The van der Waals surface area contributed by atoms with E-state index >= 15 is 0 Å². The van der Waals surface area contributed by atoms with Crippen LogP contribution >= 0.6 is 0 Å². The number of carboxylic acid groups (broad SMARTS) is 2. The smallest absolute Gasteiger partial charge is 0.325 e. The van der Waals surface area contributed by atoms with Crippen LogP contribution in [0.5, 0.6) is 0 Å². The van der Waals surface area contributed by atoms with Crippen molar-refractivity contribution in [3.8, 4) is 0 Å². The summed E-state index contributed by atoms with van der Waals surface area (Å²) in [6.07, 6.45) is -0.503. The van der Waals surface area contributed by atoms with Crippen LogP contribution in [0.4, 0.5) is 0 Å². The summed E-state index contributed by atoms with van der Waals surface area (Å²) >= 11 is 0. The third-order valence-electron chi connectivity index (χ3n) is 3.82. The first-order valence-electron chi connectivity index (χ1n) is 8.71. The van der Waals surface area contributed by atoms with Crippen LogP contribution in [0, 0.1) is 0 Å². The Kier molecular flexibility index (Phi) is 9.26. The number of hydrogen-bond donors (Lipinski definition) is 6. The largest absolute Gasteiger partial charge is 0.481 e. The van der Waals surface area contributed by atoms with Gasteiger partial charge in [0.15, 0.2) is 0 Å². The van der Waals surface area contributed by atoms with Crippen LogP contribution in [0.25, 0.3) is 0 Å². The standard InChI is InChI=1S/C18H24N4O7/c1-10(18(28)29)21-17(27)13(7-11-5-3-2-4-6-11)22-14(23)9-20-16(26)12(19)8-15(24)25/h2-6,10,12-13H,7-9,19H2,1H3,(H,20,26)(H,21,27)(H,22,23)(H,24,25)(H,28,29). The predicted molar refractivity (Wildman–Crippen MR) is 101 cm³/mol. The highest BCUT2D eigenvalue weighted by Crippen LogP contribution is 2.04. The van der Waals surface area contributed by atoms with Gasteiger partial charge in [0.2, 0.25) is 17.7 Å². The van der Waals surface area contributed by atoms with E-state index in [1.54, 1.807) is 30.3 Å². The number of benzene rings is 1. The van der Waals surface area contributed by atoms with Gasteiger partial charge in [0.1, 0.15) is 12.1 Å². The van der Waals surface area contributed by atoms with E-state index in [1.807, 2.05) is 0 Å². The molecule has 29 heavy (non-hydrogen) atoms. The fourth-order valence-electron chi connectivity index (χ4n) is 2.26. The summed E-state index contributed by atoms with van der Waals surface area (Å²) < 4.78 is 0. The van der Waals surface area contributed by atoms with E-state index in [0.717, 1.165) is 5.56 Å². The summed E-state index contributed by atoms with van der Waals surface area (Å²) in [7, 11) is 0. The van der Waals surface area contributed by atoms with Crippen LogP contribution in [0.1, 0.15) is 18.9 Å². The Labute approximate surface area is 166 Å². The van der Waals surface area contributed by atoms with Crippen molar-refractivity contribution in [2.24, 2.45) is 5.73 Å². The molecule has 0 spiro atoms. The summed E-state index contributed by atoms with van der Waals surface area (Å²) in [6, 6.07) is 5.17. The lowest BCUT2D eigenvalue weighted by atomic mass is 10.0. The zero-order valence-electron chi connectivity index (χ0n) is 15.8. The molecule has 7 N–H and O–H groups in total. The molecule has 0 aromatic heterocycles. The Morgan fingerprint density at radius 2 is 1.62 bits per heavy atom. The molecule has 3 amide bonds. The van der Waals surface area contributed by atoms with Crippen LogP contribution in [0.15, 0.2) is 30.3 Å². The molecule has 1 aromatic carbocycles. The molecule has 11 heteroatoms. The van der Waals surface area contributed by atoms with Crippen molar-refractivity contribution in [2.45, 2.75) is 37.9 Å². The van der Waals surface area contributed by atoms with Crippen molar-refractivity contribution >= 4 is 29.7 Å². The van der Waals surface area contributed by atoms with Crippen LogP contribution < -0.4 is 21.7 Å². The molecule has 1 rings (SSSR count). The Balaban J connectivity index is 2.73. The first kappa shape index (κ1) is 23.6. The van der Waals surface area contributed by atoms with Gasteiger partial charge in [-0.3, -0.25) is 24.0 Å². The first-order chi connectivity index (χ1) is 13.6. The second-order valence-corrected chi connectivity index (χ2v) is 6.30. The monoisotopic (exact) mass is 408 g/mol. The molecule has 158 valence electrons. The van der Waals surface area contributed by atoms with E-state index in [1.165, 1.54) is 6.92 Å². The molecule has 1 aromatic rings. The number of aliphatic carboxylic acids is 2. The van der Waals surface area contributed by atoms with Crippen molar-refractivity contribution in [1.29, 1.82) is 0 Å². The Hall–Kier alpha value is -3.47. The summed E-state index contributed by atoms with van der Waals surface area (Å²) in [5, 5.41) is 24.5. The lowest BCUT2D eigenvalue weighted by Crippen LogP contribution is -2.54. The van der Waals surface area contributed by atoms with Gasteiger partial charge in [-0.15, -0.1) is 0 Å². The van der Waals surface area contributed by atoms with Gasteiger partial charge in [-0.1, -0.05) is 30.3 Å². The minimum atomic E-state index is -1.32. The van der Waals surface area contributed by atoms with E-state index in [9.17, 15) is 24.0 Å². The topological polar surface area (TPSA) is 188 Å². The maximum absolute atomic E-state index is 12.4. The molecule has 3 unspecified atom stereocenters. The second kappa shape index (κ2) is 11.4. The lowest BCUT2D eigenvalue weighted by molar-refractivity contribution is -0.141. The summed E-state index contributed by atoms with van der Waals surface area (Å²) in [5.74, 6) is -4.75. The first-order valence-corrected chi connectivity index (χ1v) is 8.71. The number of carbonyl (C=O) groups excluding carboxylic acids is 3. The molecule has 0 bridgehead atoms. The molecule has 0 aliphatic heterocycles. The molecule has 0 aliphatic rings. The predicted octanol–water partition coefficient (Wildman–Crippen LogP) is -1.78. The molecule has 0 radical (unpaired) electrons. The summed E-state index contributed by atoms with van der Waals surface area (Å²) in [4.78, 5) is 57.7. The lowest BCUT2D eigenvalue weighted by Gasteiger charge is -2.20. The van der Waals surface area contributed by atoms with Gasteiger partial charge >= 0.3 is 11.9 Å². The summed E-state index contributed by atoms with van der Waals surface area (Å²) in [6.45, 7) is 0.755. The van der Waals surface area contributed by atoms with Gasteiger partial charge in [0.05, 0.1) is 19.0 Å². The molecule has 0 fully saturated rings. The number of carboxylic acids is 2. The highest BCUT2D eigenvalue weighted by atomic mass is 16.4. The van der Waals surface area contributed by atoms with Gasteiger partial charge in [0.25, 0.3) is 0 Å². The Morgan fingerprint density at radius 1 is 1.00 bits per heavy atom. The molecule has 0 heterocycles. The van der Waals surface area contributed by atoms with Crippen LogP contribution in [0.3, 0.4) is 0 Å². The maximum Gasteiger partial charge on any atom is 0.325 e. The van der Waals surface area contributed by atoms with Crippen LogP contribution in [-0.2, 0) is 30.4 Å². The maximum atomic E-state index is 12.4. The van der Waals surface area contributed by atoms with E-state index < -0.39 is 60.8 Å². The van der Waals surface area contributed by atoms with E-state index in [2.05, 4.69) is 16.0 Å². The van der Waals surface area contributed by atoms with Gasteiger partial charge in [-0.05, 0) is 12.5 Å². The van der Waals surface area contributed by atoms with Gasteiger partial charge in [0, 0.05) is 6.42 Å². The second-order valence-electron chi connectivity index (χ2n) is 6.30. The normalized spacial score (nSPS) is 13.4. The highest BCUT2D eigenvalue weighted by Gasteiger charge is 2.25. The molecular weight excluding hydrogens is 384 g/mol.